The third-order valence-corrected chi connectivity index (χ3v) is 5.67. The Bertz CT molecular complexity index is 550. The number of nitrogens with two attached hydrogens (primary N) is 1. The summed E-state index contributed by atoms with van der Waals surface area (Å²) in [6, 6.07) is 11.0. The van der Waals surface area contributed by atoms with Gasteiger partial charge in [0.2, 0.25) is 0 Å². The molecular formula is C16H22N2OS. The Balaban J connectivity index is 1.92. The molecule has 3 atom stereocenters. The van der Waals surface area contributed by atoms with E-state index in [2.05, 4.69) is 30.9 Å². The van der Waals surface area contributed by atoms with Crippen molar-refractivity contribution < 1.29 is 4.42 Å². The normalized spacial score (nSPS) is 25.9. The minimum absolute atomic E-state index is 0.181. The van der Waals surface area contributed by atoms with Gasteiger partial charge < -0.3 is 10.2 Å². The third-order valence-electron chi connectivity index (χ3n) is 4.33. The second-order valence-electron chi connectivity index (χ2n) is 5.49. The number of benzene rings is 1. The molecule has 0 aliphatic carbocycles. The van der Waals surface area contributed by atoms with Crippen LogP contribution in [-0.2, 0) is 0 Å². The second-order valence-corrected chi connectivity index (χ2v) is 6.98. The molecule has 2 aromatic rings. The Labute approximate surface area is 124 Å². The molecule has 1 saturated heterocycles. The van der Waals surface area contributed by atoms with Gasteiger partial charge in [-0.25, -0.2) is 0 Å². The first-order valence-corrected chi connectivity index (χ1v) is 8.31. The predicted octanol–water partition coefficient (Wildman–Crippen LogP) is 3.26. The lowest BCUT2D eigenvalue weighted by atomic mass is 10.1. The first-order chi connectivity index (χ1) is 9.70. The van der Waals surface area contributed by atoms with Crippen molar-refractivity contribution in [2.45, 2.75) is 31.2 Å². The summed E-state index contributed by atoms with van der Waals surface area (Å²) in [7, 11) is 0. The second kappa shape index (κ2) is 5.80. The summed E-state index contributed by atoms with van der Waals surface area (Å²) >= 11 is 2.04. The Morgan fingerprint density at radius 3 is 2.95 bits per heavy atom. The van der Waals surface area contributed by atoms with Crippen LogP contribution in [0.1, 0.15) is 25.6 Å². The molecule has 20 heavy (non-hydrogen) atoms. The van der Waals surface area contributed by atoms with Gasteiger partial charge in [-0.2, -0.15) is 11.8 Å². The average molecular weight is 290 g/mol. The van der Waals surface area contributed by atoms with E-state index in [1.54, 1.807) is 0 Å². The molecule has 1 fully saturated rings. The topological polar surface area (TPSA) is 42.4 Å². The minimum Gasteiger partial charge on any atom is -0.459 e. The maximum atomic E-state index is 6.06. The number of thioether (sulfide) groups is 1. The quantitative estimate of drug-likeness (QED) is 0.942. The van der Waals surface area contributed by atoms with E-state index < -0.39 is 0 Å². The standard InChI is InChI=1S/C16H22N2OS/c1-11-12(2)20-8-7-18(11)14(10-17)16-9-13-5-3-4-6-15(13)19-16/h3-6,9,11-12,14H,7-8,10,17H2,1-2H3. The number of hydrogen-bond donors (Lipinski definition) is 1. The number of nitrogens with zero attached hydrogens (tertiary/aromatic N) is 1. The van der Waals surface area contributed by atoms with Gasteiger partial charge in [-0.05, 0) is 19.1 Å². The van der Waals surface area contributed by atoms with Crippen LogP contribution in [0.25, 0.3) is 11.0 Å². The first-order valence-electron chi connectivity index (χ1n) is 7.26. The fourth-order valence-corrected chi connectivity index (χ4v) is 4.10. The van der Waals surface area contributed by atoms with Crippen molar-refractivity contribution in [2.24, 2.45) is 5.73 Å². The monoisotopic (exact) mass is 290 g/mol. The lowest BCUT2D eigenvalue weighted by molar-refractivity contribution is 0.135. The van der Waals surface area contributed by atoms with Crippen molar-refractivity contribution in [3.05, 3.63) is 36.1 Å². The van der Waals surface area contributed by atoms with Gasteiger partial charge in [0.1, 0.15) is 11.3 Å². The Kier molecular flexibility index (Phi) is 4.06. The molecule has 1 aliphatic heterocycles. The molecule has 0 spiro atoms. The molecule has 0 radical (unpaired) electrons. The summed E-state index contributed by atoms with van der Waals surface area (Å²) in [4.78, 5) is 2.50. The van der Waals surface area contributed by atoms with Crippen molar-refractivity contribution in [2.75, 3.05) is 18.8 Å². The van der Waals surface area contributed by atoms with Gasteiger partial charge >= 0.3 is 0 Å². The maximum absolute atomic E-state index is 6.06. The maximum Gasteiger partial charge on any atom is 0.134 e. The van der Waals surface area contributed by atoms with E-state index in [0.29, 0.717) is 17.8 Å². The van der Waals surface area contributed by atoms with Crippen molar-refractivity contribution in [1.82, 2.24) is 4.90 Å². The van der Waals surface area contributed by atoms with Crippen LogP contribution in [0.2, 0.25) is 0 Å². The molecule has 2 heterocycles. The zero-order valence-corrected chi connectivity index (χ0v) is 12.9. The van der Waals surface area contributed by atoms with Crippen LogP contribution in [0.4, 0.5) is 0 Å². The lowest BCUT2D eigenvalue weighted by Crippen LogP contribution is -2.48. The molecule has 0 bridgehead atoms. The fraction of sp³-hybridized carbons (Fsp3) is 0.500. The molecule has 2 N–H and O–H groups in total. The molecule has 1 aromatic heterocycles. The minimum atomic E-state index is 0.181. The molecule has 1 aliphatic rings. The van der Waals surface area contributed by atoms with Crippen molar-refractivity contribution in [3.63, 3.8) is 0 Å². The van der Waals surface area contributed by atoms with Crippen LogP contribution in [0.5, 0.6) is 0 Å². The highest BCUT2D eigenvalue weighted by Gasteiger charge is 2.32. The number of para-hydroxylation sites is 1. The Morgan fingerprint density at radius 1 is 1.40 bits per heavy atom. The van der Waals surface area contributed by atoms with E-state index in [0.717, 1.165) is 23.3 Å². The number of rotatable bonds is 3. The van der Waals surface area contributed by atoms with Crippen molar-refractivity contribution in [1.29, 1.82) is 0 Å². The van der Waals surface area contributed by atoms with Gasteiger partial charge in [-0.3, -0.25) is 4.90 Å². The number of furan rings is 1. The molecule has 4 heteroatoms. The molecule has 3 unspecified atom stereocenters. The van der Waals surface area contributed by atoms with E-state index >= 15 is 0 Å². The Hall–Kier alpha value is -0.970. The van der Waals surface area contributed by atoms with Gasteiger partial charge in [0.05, 0.1) is 6.04 Å². The molecule has 1 aromatic carbocycles. The fourth-order valence-electron chi connectivity index (χ4n) is 2.98. The third kappa shape index (κ3) is 2.48. The van der Waals surface area contributed by atoms with Crippen molar-refractivity contribution >= 4 is 22.7 Å². The van der Waals surface area contributed by atoms with E-state index in [9.17, 15) is 0 Å². The SMILES string of the molecule is CC1SCCN(C(CN)c2cc3ccccc3o2)C1C. The molecule has 0 saturated carbocycles. The average Bonchev–Trinajstić information content (AvgIpc) is 2.87. The Morgan fingerprint density at radius 2 is 2.20 bits per heavy atom. The zero-order valence-electron chi connectivity index (χ0n) is 12.1. The molecular weight excluding hydrogens is 268 g/mol. The summed E-state index contributed by atoms with van der Waals surface area (Å²) in [6.45, 7) is 6.27. The first kappa shape index (κ1) is 14.0. The molecule has 3 rings (SSSR count). The van der Waals surface area contributed by atoms with Crippen LogP contribution in [0.3, 0.4) is 0 Å². The van der Waals surface area contributed by atoms with Gasteiger partial charge in [-0.15, -0.1) is 0 Å². The van der Waals surface area contributed by atoms with Gasteiger partial charge in [0.15, 0.2) is 0 Å². The summed E-state index contributed by atoms with van der Waals surface area (Å²) in [6.07, 6.45) is 0. The van der Waals surface area contributed by atoms with Crippen LogP contribution < -0.4 is 5.73 Å². The number of hydrogen-bond acceptors (Lipinski definition) is 4. The van der Waals surface area contributed by atoms with Crippen molar-refractivity contribution in [3.8, 4) is 0 Å². The molecule has 108 valence electrons. The summed E-state index contributed by atoms with van der Waals surface area (Å²) in [5, 5.41) is 1.80. The van der Waals surface area contributed by atoms with E-state index in [1.165, 1.54) is 5.75 Å². The van der Waals surface area contributed by atoms with Crippen LogP contribution >= 0.6 is 11.8 Å². The van der Waals surface area contributed by atoms with E-state index in [-0.39, 0.29) is 6.04 Å². The summed E-state index contributed by atoms with van der Waals surface area (Å²) < 4.78 is 6.03. The predicted molar refractivity (Wildman–Crippen MR) is 86.1 cm³/mol. The van der Waals surface area contributed by atoms with E-state index in [4.69, 9.17) is 10.2 Å². The summed E-state index contributed by atoms with van der Waals surface area (Å²) in [5.74, 6) is 2.17. The smallest absolute Gasteiger partial charge is 0.134 e. The van der Waals surface area contributed by atoms with Crippen LogP contribution in [0, 0.1) is 0 Å². The highest BCUT2D eigenvalue weighted by atomic mass is 32.2. The van der Waals surface area contributed by atoms with E-state index in [1.807, 2.05) is 30.0 Å². The van der Waals surface area contributed by atoms with Crippen LogP contribution in [0.15, 0.2) is 34.7 Å². The largest absolute Gasteiger partial charge is 0.459 e. The van der Waals surface area contributed by atoms with Gasteiger partial charge in [0, 0.05) is 35.5 Å². The highest BCUT2D eigenvalue weighted by molar-refractivity contribution is 8.00. The van der Waals surface area contributed by atoms with Gasteiger partial charge in [-0.1, -0.05) is 25.1 Å². The van der Waals surface area contributed by atoms with Gasteiger partial charge in [0.25, 0.3) is 0 Å². The van der Waals surface area contributed by atoms with Crippen LogP contribution in [-0.4, -0.2) is 35.0 Å². The highest BCUT2D eigenvalue weighted by Crippen LogP contribution is 2.33. The molecule has 3 nitrogen and oxygen atoms in total. The summed E-state index contributed by atoms with van der Waals surface area (Å²) in [5.41, 5.74) is 7.01. The molecule has 0 amide bonds. The number of fused-ring (bicyclic) bond motifs is 1. The zero-order chi connectivity index (χ0) is 14.1. The lowest BCUT2D eigenvalue weighted by Gasteiger charge is -2.41.